The maximum absolute atomic E-state index is 11.7. The van der Waals surface area contributed by atoms with Crippen molar-refractivity contribution in [1.82, 2.24) is 4.90 Å². The third-order valence-electron chi connectivity index (χ3n) is 2.37. The Morgan fingerprint density at radius 2 is 2.06 bits per heavy atom. The fraction of sp³-hybridized carbons (Fsp3) is 0.818. The number of carbonyl (C=O) groups excluding carboxylic acids is 2. The number of hydrogen-bond acceptors (Lipinski definition) is 4. The molecule has 1 fully saturated rings. The molecule has 1 atom stereocenters. The molecule has 6 heteroatoms. The smallest absolute Gasteiger partial charge is 0.410 e. The zero-order chi connectivity index (χ0) is 13.1. The molecule has 0 radical (unpaired) electrons. The van der Waals surface area contributed by atoms with Crippen molar-refractivity contribution in [3.8, 4) is 0 Å². The molecule has 0 N–H and O–H groups in total. The van der Waals surface area contributed by atoms with E-state index in [1.165, 1.54) is 4.90 Å². The zero-order valence-electron chi connectivity index (χ0n) is 10.4. The van der Waals surface area contributed by atoms with E-state index < -0.39 is 11.7 Å². The largest absolute Gasteiger partial charge is 0.449 e. The van der Waals surface area contributed by atoms with E-state index in [-0.39, 0.29) is 18.0 Å². The zero-order valence-corrected chi connectivity index (χ0v) is 11.1. The summed E-state index contributed by atoms with van der Waals surface area (Å²) in [4.78, 5) is 24.6. The van der Waals surface area contributed by atoms with Crippen LogP contribution in [-0.4, -0.2) is 41.7 Å². The van der Waals surface area contributed by atoms with E-state index in [0.717, 1.165) is 0 Å². The van der Waals surface area contributed by atoms with Crippen molar-refractivity contribution < 1.29 is 19.1 Å². The number of ether oxygens (including phenoxy) is 2. The number of nitrogens with zero attached hydrogens (tertiary/aromatic N) is 1. The maximum atomic E-state index is 11.7. The van der Waals surface area contributed by atoms with Gasteiger partial charge in [-0.3, -0.25) is 4.79 Å². The summed E-state index contributed by atoms with van der Waals surface area (Å²) in [7, 11) is 0. The van der Waals surface area contributed by atoms with Crippen LogP contribution in [0.1, 0.15) is 27.2 Å². The summed E-state index contributed by atoms with van der Waals surface area (Å²) in [5.41, 5.74) is -0.522. The number of likely N-dealkylation sites (tertiary alicyclic amines) is 1. The highest BCUT2D eigenvalue weighted by atomic mass is 35.5. The van der Waals surface area contributed by atoms with Crippen LogP contribution in [0.25, 0.3) is 0 Å². The molecule has 0 unspecified atom stereocenters. The second kappa shape index (κ2) is 5.58. The molecule has 5 nitrogen and oxygen atoms in total. The van der Waals surface area contributed by atoms with Gasteiger partial charge in [-0.05, 0) is 27.2 Å². The van der Waals surface area contributed by atoms with Crippen LogP contribution in [0.3, 0.4) is 0 Å². The molecule has 0 spiro atoms. The predicted molar refractivity (Wildman–Crippen MR) is 62.7 cm³/mol. The molecule has 0 aromatic heterocycles. The van der Waals surface area contributed by atoms with Crippen LogP contribution < -0.4 is 0 Å². The number of amides is 1. The average molecular weight is 264 g/mol. The van der Waals surface area contributed by atoms with Gasteiger partial charge in [-0.1, -0.05) is 11.6 Å². The number of rotatable bonds is 2. The van der Waals surface area contributed by atoms with Gasteiger partial charge in [0.2, 0.25) is 0 Å². The Morgan fingerprint density at radius 1 is 1.41 bits per heavy atom. The summed E-state index contributed by atoms with van der Waals surface area (Å²) in [5.74, 6) is -0.646. The molecule has 0 aromatic carbocycles. The monoisotopic (exact) mass is 263 g/mol. The lowest BCUT2D eigenvalue weighted by molar-refractivity contribution is -0.145. The first-order valence-electron chi connectivity index (χ1n) is 5.54. The molecule has 1 rings (SSSR count). The molecule has 0 saturated carbocycles. The normalized spacial score (nSPS) is 20.2. The van der Waals surface area contributed by atoms with Gasteiger partial charge >= 0.3 is 12.1 Å². The highest BCUT2D eigenvalue weighted by Crippen LogP contribution is 2.20. The van der Waals surface area contributed by atoms with Gasteiger partial charge in [0.15, 0.2) is 6.07 Å². The number of carbonyl (C=O) groups is 2. The third-order valence-corrected chi connectivity index (χ3v) is 2.48. The van der Waals surface area contributed by atoms with Crippen molar-refractivity contribution in [2.45, 2.75) is 32.8 Å². The van der Waals surface area contributed by atoms with Gasteiger partial charge in [0.05, 0.1) is 5.92 Å². The highest BCUT2D eigenvalue weighted by Gasteiger charge is 2.34. The van der Waals surface area contributed by atoms with Crippen molar-refractivity contribution in [2.24, 2.45) is 5.92 Å². The number of esters is 1. The van der Waals surface area contributed by atoms with Crippen LogP contribution in [0, 0.1) is 5.92 Å². The minimum atomic E-state index is -0.522. The van der Waals surface area contributed by atoms with Gasteiger partial charge in [0.1, 0.15) is 5.60 Å². The van der Waals surface area contributed by atoms with Gasteiger partial charge < -0.3 is 14.4 Å². The van der Waals surface area contributed by atoms with Crippen LogP contribution in [0.4, 0.5) is 4.79 Å². The van der Waals surface area contributed by atoms with Crippen molar-refractivity contribution in [3.63, 3.8) is 0 Å². The fourth-order valence-electron chi connectivity index (χ4n) is 1.62. The van der Waals surface area contributed by atoms with Gasteiger partial charge in [-0.2, -0.15) is 0 Å². The Hall–Kier alpha value is -0.970. The average Bonchev–Trinajstić information content (AvgIpc) is 2.63. The second-order valence-corrected chi connectivity index (χ2v) is 5.20. The summed E-state index contributed by atoms with van der Waals surface area (Å²) in [6, 6.07) is -0.151. The Balaban J connectivity index is 2.45. The van der Waals surface area contributed by atoms with E-state index >= 15 is 0 Å². The SMILES string of the molecule is CC(C)(C)OC(=O)N1CC[C@@H](C(=O)OCCl)C1. The fourth-order valence-corrected chi connectivity index (χ4v) is 1.72. The van der Waals surface area contributed by atoms with Crippen molar-refractivity contribution in [2.75, 3.05) is 19.2 Å². The van der Waals surface area contributed by atoms with Crippen LogP contribution in [0.2, 0.25) is 0 Å². The molecular weight excluding hydrogens is 246 g/mol. The Kier molecular flexibility index (Phi) is 4.62. The summed E-state index contributed by atoms with van der Waals surface area (Å²) >= 11 is 5.31. The van der Waals surface area contributed by atoms with E-state index in [0.29, 0.717) is 19.5 Å². The number of halogens is 1. The Labute approximate surface area is 106 Å². The van der Waals surface area contributed by atoms with Crippen LogP contribution in [-0.2, 0) is 14.3 Å². The molecular formula is C11H18ClNO4. The van der Waals surface area contributed by atoms with Crippen LogP contribution in [0.15, 0.2) is 0 Å². The molecule has 1 heterocycles. The number of hydrogen-bond donors (Lipinski definition) is 0. The summed E-state index contributed by atoms with van der Waals surface area (Å²) < 4.78 is 9.92. The molecule has 1 aliphatic rings. The molecule has 1 aliphatic heterocycles. The van der Waals surface area contributed by atoms with Gasteiger partial charge in [-0.15, -0.1) is 0 Å². The molecule has 1 amide bonds. The minimum absolute atomic E-state index is 0.151. The first-order chi connectivity index (χ1) is 7.83. The lowest BCUT2D eigenvalue weighted by atomic mass is 10.1. The second-order valence-electron chi connectivity index (χ2n) is 4.98. The van der Waals surface area contributed by atoms with E-state index in [9.17, 15) is 9.59 Å². The summed E-state index contributed by atoms with van der Waals surface area (Å²) in [6.45, 7) is 6.27. The molecule has 17 heavy (non-hydrogen) atoms. The topological polar surface area (TPSA) is 55.8 Å². The van der Waals surface area contributed by atoms with Crippen molar-refractivity contribution >= 4 is 23.7 Å². The molecule has 98 valence electrons. The molecule has 0 aliphatic carbocycles. The summed E-state index contributed by atoms with van der Waals surface area (Å²) in [6.07, 6.45) is 0.202. The highest BCUT2D eigenvalue weighted by molar-refractivity contribution is 6.17. The predicted octanol–water partition coefficient (Wildman–Crippen LogP) is 1.98. The Morgan fingerprint density at radius 3 is 2.59 bits per heavy atom. The minimum Gasteiger partial charge on any atom is -0.449 e. The standard InChI is InChI=1S/C11H18ClNO4/c1-11(2,3)17-10(15)13-5-4-8(6-13)9(14)16-7-12/h8H,4-7H2,1-3H3/t8-/m1/s1. The van der Waals surface area contributed by atoms with Crippen molar-refractivity contribution in [1.29, 1.82) is 0 Å². The van der Waals surface area contributed by atoms with Gasteiger partial charge in [0, 0.05) is 13.1 Å². The third kappa shape index (κ3) is 4.42. The van der Waals surface area contributed by atoms with Crippen LogP contribution >= 0.6 is 11.6 Å². The quantitative estimate of drug-likeness (QED) is 0.565. The van der Waals surface area contributed by atoms with E-state index in [2.05, 4.69) is 0 Å². The van der Waals surface area contributed by atoms with Crippen LogP contribution in [0.5, 0.6) is 0 Å². The Bertz CT molecular complexity index is 300. The van der Waals surface area contributed by atoms with Crippen molar-refractivity contribution in [3.05, 3.63) is 0 Å². The number of alkyl halides is 1. The van der Waals surface area contributed by atoms with Gasteiger partial charge in [0.25, 0.3) is 0 Å². The molecule has 1 saturated heterocycles. The van der Waals surface area contributed by atoms with E-state index in [1.807, 2.05) is 0 Å². The maximum Gasteiger partial charge on any atom is 0.410 e. The lowest BCUT2D eigenvalue weighted by Crippen LogP contribution is -2.36. The molecule has 0 aromatic rings. The lowest BCUT2D eigenvalue weighted by Gasteiger charge is -2.24. The molecule has 0 bridgehead atoms. The first-order valence-corrected chi connectivity index (χ1v) is 6.07. The van der Waals surface area contributed by atoms with E-state index in [4.69, 9.17) is 21.1 Å². The summed E-state index contributed by atoms with van der Waals surface area (Å²) in [5, 5.41) is 0. The first kappa shape index (κ1) is 14.1. The van der Waals surface area contributed by atoms with E-state index in [1.54, 1.807) is 20.8 Å². The van der Waals surface area contributed by atoms with Gasteiger partial charge in [-0.25, -0.2) is 4.79 Å².